The highest BCUT2D eigenvalue weighted by molar-refractivity contribution is 7.53. The molecule has 188 valence electrons. The van der Waals surface area contributed by atoms with E-state index >= 15 is 0 Å². The Kier molecular flexibility index (Phi) is 14.3. The molecule has 0 saturated carbocycles. The van der Waals surface area contributed by atoms with Crippen LogP contribution >= 0.6 is 7.60 Å². The Morgan fingerprint density at radius 3 is 2.15 bits per heavy atom. The molecular weight excluding hydrogens is 443 g/mol. The van der Waals surface area contributed by atoms with E-state index in [0.717, 1.165) is 24.0 Å². The minimum absolute atomic E-state index is 0.0814. The summed E-state index contributed by atoms with van der Waals surface area (Å²) >= 11 is 0. The van der Waals surface area contributed by atoms with Gasteiger partial charge in [-0.1, -0.05) is 23.3 Å². The lowest BCUT2D eigenvalue weighted by atomic mass is 10.0. The second-order valence-electron chi connectivity index (χ2n) is 7.84. The van der Waals surface area contributed by atoms with Crippen molar-refractivity contribution in [3.63, 3.8) is 0 Å². The molecule has 0 aliphatic carbocycles. The zero-order valence-electron chi connectivity index (χ0n) is 21.3. The van der Waals surface area contributed by atoms with Gasteiger partial charge in [-0.3, -0.25) is 4.57 Å². The van der Waals surface area contributed by atoms with Crippen LogP contribution in [-0.4, -0.2) is 41.0 Å². The molecule has 0 heterocycles. The lowest BCUT2D eigenvalue weighted by Gasteiger charge is -2.21. The van der Waals surface area contributed by atoms with Crippen molar-refractivity contribution in [1.29, 1.82) is 0 Å². The Labute approximate surface area is 199 Å². The van der Waals surface area contributed by atoms with Crippen LogP contribution in [0.5, 0.6) is 11.5 Å². The largest absolute Gasteiger partial charge is 0.467 e. The van der Waals surface area contributed by atoms with E-state index < -0.39 is 7.60 Å². The Balaban J connectivity index is 3.39. The van der Waals surface area contributed by atoms with E-state index in [1.807, 2.05) is 6.07 Å². The van der Waals surface area contributed by atoms with Gasteiger partial charge in [0.2, 0.25) is 0 Å². The molecule has 1 rings (SSSR count). The van der Waals surface area contributed by atoms with Gasteiger partial charge < -0.3 is 28.0 Å². The summed E-state index contributed by atoms with van der Waals surface area (Å²) in [5, 5.41) is 0. The standard InChI is InChI=1S/C25H41O7P/c1-8-31-33(26,32-9-2)17-22-15-23(29-18-27-6)16-25(30-19-28-7)24(22)14-13-21(5)12-10-11-20(3)4/h11,13,15-16H,8-10,12,14,17-19H2,1-7H3/b21-13+. The summed E-state index contributed by atoms with van der Waals surface area (Å²) in [5.41, 5.74) is 4.27. The molecule has 33 heavy (non-hydrogen) atoms. The van der Waals surface area contributed by atoms with Gasteiger partial charge in [0.15, 0.2) is 13.6 Å². The third-order valence-electron chi connectivity index (χ3n) is 4.71. The predicted molar refractivity (Wildman–Crippen MR) is 132 cm³/mol. The minimum atomic E-state index is -3.34. The van der Waals surface area contributed by atoms with E-state index in [2.05, 4.69) is 32.9 Å². The molecule has 0 aromatic heterocycles. The Hall–Kier alpha value is -1.63. The van der Waals surface area contributed by atoms with Crippen molar-refractivity contribution in [2.45, 2.75) is 60.0 Å². The number of allylic oxidation sites excluding steroid dienone is 4. The van der Waals surface area contributed by atoms with Crippen LogP contribution in [0.15, 0.2) is 35.4 Å². The molecule has 0 bridgehead atoms. The third-order valence-corrected chi connectivity index (χ3v) is 6.74. The van der Waals surface area contributed by atoms with Gasteiger partial charge >= 0.3 is 7.60 Å². The van der Waals surface area contributed by atoms with Crippen LogP contribution in [0.3, 0.4) is 0 Å². The van der Waals surface area contributed by atoms with Gasteiger partial charge in [0.05, 0.1) is 19.4 Å². The SMILES string of the molecule is CCOP(=O)(Cc1cc(OCOC)cc(OCOC)c1C/C=C(\C)CCC=C(C)C)OCC. The first-order valence-corrected chi connectivity index (χ1v) is 13.1. The van der Waals surface area contributed by atoms with E-state index in [-0.39, 0.29) is 19.7 Å². The van der Waals surface area contributed by atoms with Crippen LogP contribution < -0.4 is 9.47 Å². The molecule has 0 N–H and O–H groups in total. The summed E-state index contributed by atoms with van der Waals surface area (Å²) in [7, 11) is -0.216. The van der Waals surface area contributed by atoms with Gasteiger partial charge in [-0.05, 0) is 65.5 Å². The van der Waals surface area contributed by atoms with Crippen molar-refractivity contribution in [3.05, 3.63) is 46.6 Å². The first kappa shape index (κ1) is 29.4. The molecule has 1 aromatic carbocycles. The summed E-state index contributed by atoms with van der Waals surface area (Å²) < 4.78 is 46.1. The maximum absolute atomic E-state index is 13.3. The maximum Gasteiger partial charge on any atom is 0.335 e. The highest BCUT2D eigenvalue weighted by Gasteiger charge is 2.27. The average Bonchev–Trinajstić information content (AvgIpc) is 2.75. The van der Waals surface area contributed by atoms with E-state index in [9.17, 15) is 4.57 Å². The highest BCUT2D eigenvalue weighted by atomic mass is 31.2. The van der Waals surface area contributed by atoms with Crippen molar-refractivity contribution >= 4 is 7.60 Å². The number of methoxy groups -OCH3 is 2. The number of hydrogen-bond donors (Lipinski definition) is 0. The maximum atomic E-state index is 13.3. The van der Waals surface area contributed by atoms with Gasteiger partial charge in [-0.25, -0.2) is 0 Å². The van der Waals surface area contributed by atoms with Gasteiger partial charge in [0.1, 0.15) is 11.5 Å². The van der Waals surface area contributed by atoms with Gasteiger partial charge in [-0.15, -0.1) is 0 Å². The minimum Gasteiger partial charge on any atom is -0.467 e. The number of benzene rings is 1. The van der Waals surface area contributed by atoms with Crippen LogP contribution in [-0.2, 0) is 35.7 Å². The molecule has 0 unspecified atom stereocenters. The quantitative estimate of drug-likeness (QED) is 0.139. The molecule has 0 atom stereocenters. The molecule has 1 aromatic rings. The van der Waals surface area contributed by atoms with Crippen LogP contribution in [0.2, 0.25) is 0 Å². The zero-order chi connectivity index (χ0) is 24.7. The summed E-state index contributed by atoms with van der Waals surface area (Å²) in [6.45, 7) is 10.7. The summed E-state index contributed by atoms with van der Waals surface area (Å²) in [6.07, 6.45) is 7.11. The third kappa shape index (κ3) is 11.4. The second kappa shape index (κ2) is 16.1. The molecular formula is C25H41O7P. The fourth-order valence-corrected chi connectivity index (χ4v) is 4.95. The Morgan fingerprint density at radius 2 is 1.58 bits per heavy atom. The van der Waals surface area contributed by atoms with Crippen LogP contribution in [0, 0.1) is 0 Å². The van der Waals surface area contributed by atoms with Crippen molar-refractivity contribution in [2.75, 3.05) is 41.0 Å². The molecule has 0 amide bonds. The topological polar surface area (TPSA) is 72.5 Å². The molecule has 0 fully saturated rings. The fourth-order valence-electron chi connectivity index (χ4n) is 3.21. The number of ether oxygens (including phenoxy) is 4. The number of rotatable bonds is 17. The van der Waals surface area contributed by atoms with Crippen molar-refractivity contribution in [2.24, 2.45) is 0 Å². The molecule has 0 saturated heterocycles. The van der Waals surface area contributed by atoms with E-state index in [4.69, 9.17) is 28.0 Å². The van der Waals surface area contributed by atoms with Crippen molar-refractivity contribution < 1.29 is 32.6 Å². The first-order valence-electron chi connectivity index (χ1n) is 11.3. The zero-order valence-corrected chi connectivity index (χ0v) is 22.2. The van der Waals surface area contributed by atoms with E-state index in [1.165, 1.54) is 11.1 Å². The van der Waals surface area contributed by atoms with Gasteiger partial charge in [0.25, 0.3) is 0 Å². The molecule has 0 radical (unpaired) electrons. The smallest absolute Gasteiger partial charge is 0.335 e. The Bertz CT molecular complexity index is 803. The second-order valence-corrected chi connectivity index (χ2v) is 9.89. The summed E-state index contributed by atoms with van der Waals surface area (Å²) in [5.74, 6) is 1.15. The average molecular weight is 485 g/mol. The van der Waals surface area contributed by atoms with E-state index in [1.54, 1.807) is 34.1 Å². The molecule has 0 spiro atoms. The van der Waals surface area contributed by atoms with E-state index in [0.29, 0.717) is 31.1 Å². The molecule has 0 aliphatic rings. The Morgan fingerprint density at radius 1 is 0.939 bits per heavy atom. The molecule has 7 nitrogen and oxygen atoms in total. The normalized spacial score (nSPS) is 12.0. The fraction of sp³-hybridized carbons (Fsp3) is 0.600. The van der Waals surface area contributed by atoms with Crippen molar-refractivity contribution in [3.8, 4) is 11.5 Å². The van der Waals surface area contributed by atoms with Crippen molar-refractivity contribution in [1.82, 2.24) is 0 Å². The van der Waals surface area contributed by atoms with Crippen LogP contribution in [0.1, 0.15) is 58.6 Å². The number of hydrogen-bond acceptors (Lipinski definition) is 7. The molecule has 0 aliphatic heterocycles. The lowest BCUT2D eigenvalue weighted by molar-refractivity contribution is 0.0455. The highest BCUT2D eigenvalue weighted by Crippen LogP contribution is 2.52. The van der Waals surface area contributed by atoms with Crippen LogP contribution in [0.25, 0.3) is 0 Å². The lowest BCUT2D eigenvalue weighted by Crippen LogP contribution is -2.08. The summed E-state index contributed by atoms with van der Waals surface area (Å²) in [6, 6.07) is 3.65. The van der Waals surface area contributed by atoms with Gasteiger partial charge in [-0.2, -0.15) is 0 Å². The van der Waals surface area contributed by atoms with Crippen LogP contribution in [0.4, 0.5) is 0 Å². The molecule has 8 heteroatoms. The summed E-state index contributed by atoms with van der Waals surface area (Å²) in [4.78, 5) is 0. The predicted octanol–water partition coefficient (Wildman–Crippen LogP) is 6.65. The first-order chi connectivity index (χ1) is 15.8. The van der Waals surface area contributed by atoms with Gasteiger partial charge in [0, 0.05) is 25.8 Å². The monoisotopic (exact) mass is 484 g/mol.